The van der Waals surface area contributed by atoms with Gasteiger partial charge in [0.15, 0.2) is 0 Å². The van der Waals surface area contributed by atoms with Crippen molar-refractivity contribution >= 4 is 28.9 Å². The van der Waals surface area contributed by atoms with Gasteiger partial charge in [-0.05, 0) is 37.5 Å². The van der Waals surface area contributed by atoms with E-state index in [0.29, 0.717) is 22.8 Å². The van der Waals surface area contributed by atoms with Crippen molar-refractivity contribution < 1.29 is 9.53 Å². The van der Waals surface area contributed by atoms with Crippen LogP contribution in [0.15, 0.2) is 18.2 Å². The van der Waals surface area contributed by atoms with Gasteiger partial charge in [-0.15, -0.1) is 0 Å². The molecule has 0 spiro atoms. The summed E-state index contributed by atoms with van der Waals surface area (Å²) in [7, 11) is 0. The Kier molecular flexibility index (Phi) is 4.44. The lowest BCUT2D eigenvalue weighted by molar-refractivity contribution is -0.119. The molecule has 1 amide bonds. The molecule has 3 N–H and O–H groups in total. The van der Waals surface area contributed by atoms with Crippen LogP contribution in [0.1, 0.15) is 25.7 Å². The second-order valence-electron chi connectivity index (χ2n) is 4.47. The minimum atomic E-state index is -0.0732. The SMILES string of the molecule is Nc1cc(Cl)ccc1NC(=O)CC1CCCCO1. The number of nitrogen functional groups attached to an aromatic ring is 1. The highest BCUT2D eigenvalue weighted by atomic mass is 35.5. The minimum absolute atomic E-state index is 0.0345. The van der Waals surface area contributed by atoms with E-state index in [0.717, 1.165) is 25.9 Å². The summed E-state index contributed by atoms with van der Waals surface area (Å²) in [4.78, 5) is 11.8. The van der Waals surface area contributed by atoms with Gasteiger partial charge in [-0.25, -0.2) is 0 Å². The molecule has 98 valence electrons. The van der Waals surface area contributed by atoms with Crippen molar-refractivity contribution in [3.8, 4) is 0 Å². The number of nitrogens with one attached hydrogen (secondary N) is 1. The zero-order valence-corrected chi connectivity index (χ0v) is 10.9. The van der Waals surface area contributed by atoms with Crippen molar-refractivity contribution in [2.75, 3.05) is 17.7 Å². The fourth-order valence-electron chi connectivity index (χ4n) is 2.02. The van der Waals surface area contributed by atoms with E-state index in [9.17, 15) is 4.79 Å². The number of hydrogen-bond acceptors (Lipinski definition) is 3. The van der Waals surface area contributed by atoms with Crippen molar-refractivity contribution in [3.63, 3.8) is 0 Å². The van der Waals surface area contributed by atoms with Gasteiger partial charge >= 0.3 is 0 Å². The summed E-state index contributed by atoms with van der Waals surface area (Å²) < 4.78 is 5.52. The summed E-state index contributed by atoms with van der Waals surface area (Å²) in [5, 5.41) is 3.34. The predicted octanol–water partition coefficient (Wildman–Crippen LogP) is 2.82. The molecule has 0 radical (unpaired) electrons. The third-order valence-electron chi connectivity index (χ3n) is 2.97. The number of carbonyl (C=O) groups is 1. The average molecular weight is 269 g/mol. The fraction of sp³-hybridized carbons (Fsp3) is 0.462. The Morgan fingerprint density at radius 2 is 2.33 bits per heavy atom. The standard InChI is InChI=1S/C13H17ClN2O2/c14-9-4-5-12(11(15)7-9)16-13(17)8-10-3-1-2-6-18-10/h4-5,7,10H,1-3,6,8,15H2,(H,16,17). The molecule has 2 rings (SSSR count). The average Bonchev–Trinajstić information content (AvgIpc) is 2.34. The van der Waals surface area contributed by atoms with Crippen LogP contribution >= 0.6 is 11.6 Å². The molecule has 0 saturated carbocycles. The van der Waals surface area contributed by atoms with Crippen LogP contribution in [0, 0.1) is 0 Å². The lowest BCUT2D eigenvalue weighted by Crippen LogP contribution is -2.25. The Labute approximate surface area is 111 Å². The normalized spacial score (nSPS) is 19.5. The number of nitrogens with two attached hydrogens (primary N) is 1. The van der Waals surface area contributed by atoms with Crippen LogP contribution in [0.25, 0.3) is 0 Å². The molecule has 1 aromatic rings. The third-order valence-corrected chi connectivity index (χ3v) is 3.21. The van der Waals surface area contributed by atoms with Crippen LogP contribution in [-0.4, -0.2) is 18.6 Å². The topological polar surface area (TPSA) is 64.3 Å². The minimum Gasteiger partial charge on any atom is -0.397 e. The molecule has 0 bridgehead atoms. The number of anilines is 2. The number of rotatable bonds is 3. The molecular formula is C13H17ClN2O2. The zero-order chi connectivity index (χ0) is 13.0. The number of amides is 1. The largest absolute Gasteiger partial charge is 0.397 e. The van der Waals surface area contributed by atoms with E-state index < -0.39 is 0 Å². The molecule has 5 heteroatoms. The number of carbonyl (C=O) groups excluding carboxylic acids is 1. The lowest BCUT2D eigenvalue weighted by atomic mass is 10.1. The first-order valence-corrected chi connectivity index (χ1v) is 6.49. The van der Waals surface area contributed by atoms with E-state index in [4.69, 9.17) is 22.1 Å². The van der Waals surface area contributed by atoms with Crippen LogP contribution in [0.2, 0.25) is 5.02 Å². The number of ether oxygens (including phenoxy) is 1. The number of halogens is 1. The van der Waals surface area contributed by atoms with Crippen molar-refractivity contribution in [2.45, 2.75) is 31.8 Å². The first-order valence-electron chi connectivity index (χ1n) is 6.11. The maximum atomic E-state index is 11.8. The predicted molar refractivity (Wildman–Crippen MR) is 72.7 cm³/mol. The molecule has 0 aromatic heterocycles. The van der Waals surface area contributed by atoms with Gasteiger partial charge in [0.25, 0.3) is 0 Å². The fourth-order valence-corrected chi connectivity index (χ4v) is 2.20. The maximum Gasteiger partial charge on any atom is 0.227 e. The molecule has 1 aliphatic rings. The van der Waals surface area contributed by atoms with E-state index in [-0.39, 0.29) is 12.0 Å². The van der Waals surface area contributed by atoms with Crippen LogP contribution in [0.3, 0.4) is 0 Å². The van der Waals surface area contributed by atoms with Crippen LogP contribution in [0.5, 0.6) is 0 Å². The molecule has 0 aliphatic carbocycles. The van der Waals surface area contributed by atoms with Crippen molar-refractivity contribution in [3.05, 3.63) is 23.2 Å². The second-order valence-corrected chi connectivity index (χ2v) is 4.91. The molecule has 4 nitrogen and oxygen atoms in total. The van der Waals surface area contributed by atoms with E-state index in [2.05, 4.69) is 5.32 Å². The molecule has 1 aromatic carbocycles. The second kappa shape index (κ2) is 6.07. The molecule has 1 fully saturated rings. The molecule has 18 heavy (non-hydrogen) atoms. The molecule has 1 aliphatic heterocycles. The first-order chi connectivity index (χ1) is 8.65. The monoisotopic (exact) mass is 268 g/mol. The summed E-state index contributed by atoms with van der Waals surface area (Å²) in [6, 6.07) is 5.02. The van der Waals surface area contributed by atoms with Gasteiger partial charge < -0.3 is 15.8 Å². The van der Waals surface area contributed by atoms with E-state index in [1.54, 1.807) is 18.2 Å². The zero-order valence-electron chi connectivity index (χ0n) is 10.1. The van der Waals surface area contributed by atoms with Crippen LogP contribution in [-0.2, 0) is 9.53 Å². The third kappa shape index (κ3) is 3.62. The Morgan fingerprint density at radius 1 is 1.50 bits per heavy atom. The quantitative estimate of drug-likeness (QED) is 0.829. The molecule has 1 unspecified atom stereocenters. The molecular weight excluding hydrogens is 252 g/mol. The van der Waals surface area contributed by atoms with Gasteiger partial charge in [-0.1, -0.05) is 11.6 Å². The van der Waals surface area contributed by atoms with Gasteiger partial charge in [-0.2, -0.15) is 0 Å². The van der Waals surface area contributed by atoms with E-state index >= 15 is 0 Å². The summed E-state index contributed by atoms with van der Waals surface area (Å²) in [5.41, 5.74) is 6.84. The van der Waals surface area contributed by atoms with Gasteiger partial charge in [0, 0.05) is 11.6 Å². The lowest BCUT2D eigenvalue weighted by Gasteiger charge is -2.22. The van der Waals surface area contributed by atoms with Crippen molar-refractivity contribution in [1.82, 2.24) is 0 Å². The number of hydrogen-bond donors (Lipinski definition) is 2. The molecule has 1 heterocycles. The molecule has 1 saturated heterocycles. The number of benzene rings is 1. The van der Waals surface area contributed by atoms with E-state index in [1.807, 2.05) is 0 Å². The summed E-state index contributed by atoms with van der Waals surface area (Å²) in [5.74, 6) is -0.0732. The van der Waals surface area contributed by atoms with E-state index in [1.165, 1.54) is 0 Å². The van der Waals surface area contributed by atoms with Gasteiger partial charge in [-0.3, -0.25) is 4.79 Å². The summed E-state index contributed by atoms with van der Waals surface area (Å²) in [6.45, 7) is 0.751. The Balaban J connectivity index is 1.90. The smallest absolute Gasteiger partial charge is 0.227 e. The van der Waals surface area contributed by atoms with Crippen LogP contribution in [0.4, 0.5) is 11.4 Å². The maximum absolute atomic E-state index is 11.8. The highest BCUT2D eigenvalue weighted by Gasteiger charge is 2.18. The summed E-state index contributed by atoms with van der Waals surface area (Å²) in [6.07, 6.45) is 3.57. The van der Waals surface area contributed by atoms with Crippen LogP contribution < -0.4 is 11.1 Å². The summed E-state index contributed by atoms with van der Waals surface area (Å²) >= 11 is 5.80. The van der Waals surface area contributed by atoms with Crippen molar-refractivity contribution in [1.29, 1.82) is 0 Å². The van der Waals surface area contributed by atoms with Gasteiger partial charge in [0.2, 0.25) is 5.91 Å². The highest BCUT2D eigenvalue weighted by molar-refractivity contribution is 6.31. The Bertz CT molecular complexity index is 431. The Hall–Kier alpha value is -1.26. The molecule has 1 atom stereocenters. The van der Waals surface area contributed by atoms with Gasteiger partial charge in [0.1, 0.15) is 0 Å². The van der Waals surface area contributed by atoms with Gasteiger partial charge in [0.05, 0.1) is 23.9 Å². The highest BCUT2D eigenvalue weighted by Crippen LogP contribution is 2.23. The van der Waals surface area contributed by atoms with Crippen molar-refractivity contribution in [2.24, 2.45) is 0 Å². The first kappa shape index (κ1) is 13.2. The Morgan fingerprint density at radius 3 is 3.00 bits per heavy atom.